The van der Waals surface area contributed by atoms with Gasteiger partial charge in [-0.15, -0.1) is 0 Å². The molecular weight excluding hydrogens is 253 g/mol. The van der Waals surface area contributed by atoms with Gasteiger partial charge in [0.25, 0.3) is 5.91 Å². The van der Waals surface area contributed by atoms with E-state index in [1.165, 1.54) is 24.5 Å². The van der Waals surface area contributed by atoms with Gasteiger partial charge in [0.05, 0.1) is 18.9 Å². The highest BCUT2D eigenvalue weighted by Crippen LogP contribution is 2.16. The van der Waals surface area contributed by atoms with Crippen molar-refractivity contribution in [3.05, 3.63) is 53.7 Å². The van der Waals surface area contributed by atoms with Crippen LogP contribution in [0.1, 0.15) is 20.9 Å². The quantitative estimate of drug-likeness (QED) is 0.863. The zero-order chi connectivity index (χ0) is 13.8. The Labute approximate surface area is 108 Å². The predicted molar refractivity (Wildman–Crippen MR) is 64.4 cm³/mol. The first kappa shape index (κ1) is 12.8. The van der Waals surface area contributed by atoms with Gasteiger partial charge in [-0.05, 0) is 30.3 Å². The minimum Gasteiger partial charge on any atom is -0.465 e. The van der Waals surface area contributed by atoms with Gasteiger partial charge in [0.15, 0.2) is 5.76 Å². The molecule has 5 nitrogen and oxygen atoms in total. The summed E-state index contributed by atoms with van der Waals surface area (Å²) in [4.78, 5) is 23.0. The average molecular weight is 263 g/mol. The molecule has 0 radical (unpaired) electrons. The molecule has 0 fully saturated rings. The maximum Gasteiger partial charge on any atom is 0.340 e. The standard InChI is InChI=1S/C13H10FNO4/c1-18-13(17)9-7-8(4-5-10(9)14)15-12(16)11-3-2-6-19-11/h2-7H,1H3,(H,15,16). The second-order valence-corrected chi connectivity index (χ2v) is 3.62. The van der Waals surface area contributed by atoms with Crippen molar-refractivity contribution >= 4 is 17.6 Å². The number of nitrogens with one attached hydrogen (secondary N) is 1. The summed E-state index contributed by atoms with van der Waals surface area (Å²) in [6.45, 7) is 0. The summed E-state index contributed by atoms with van der Waals surface area (Å²) < 4.78 is 22.7. The zero-order valence-electron chi connectivity index (χ0n) is 9.98. The zero-order valence-corrected chi connectivity index (χ0v) is 9.98. The van der Waals surface area contributed by atoms with E-state index in [2.05, 4.69) is 10.1 Å². The molecule has 0 saturated carbocycles. The minimum atomic E-state index is -0.813. The van der Waals surface area contributed by atoms with Crippen LogP contribution in [0.15, 0.2) is 41.0 Å². The Balaban J connectivity index is 2.22. The van der Waals surface area contributed by atoms with E-state index < -0.39 is 17.7 Å². The second-order valence-electron chi connectivity index (χ2n) is 3.62. The number of carbonyl (C=O) groups is 2. The molecular formula is C13H10FNO4. The molecule has 0 spiro atoms. The third-order valence-electron chi connectivity index (χ3n) is 2.37. The molecule has 2 aromatic rings. The fourth-order valence-corrected chi connectivity index (χ4v) is 1.47. The van der Waals surface area contributed by atoms with E-state index in [4.69, 9.17) is 4.42 Å². The monoisotopic (exact) mass is 263 g/mol. The lowest BCUT2D eigenvalue weighted by Gasteiger charge is -2.06. The van der Waals surface area contributed by atoms with Crippen LogP contribution in [0.3, 0.4) is 0 Å². The van der Waals surface area contributed by atoms with Crippen LogP contribution in [0.4, 0.5) is 10.1 Å². The molecule has 2 rings (SSSR count). The maximum atomic E-state index is 13.4. The van der Waals surface area contributed by atoms with Gasteiger partial charge in [-0.2, -0.15) is 0 Å². The van der Waals surface area contributed by atoms with Crippen molar-refractivity contribution in [3.63, 3.8) is 0 Å². The largest absolute Gasteiger partial charge is 0.465 e. The first-order chi connectivity index (χ1) is 9.11. The Morgan fingerprint density at radius 3 is 2.74 bits per heavy atom. The normalized spacial score (nSPS) is 10.0. The molecule has 98 valence electrons. The number of ether oxygens (including phenoxy) is 1. The molecule has 1 heterocycles. The first-order valence-corrected chi connectivity index (χ1v) is 5.34. The lowest BCUT2D eigenvalue weighted by atomic mass is 10.2. The van der Waals surface area contributed by atoms with Gasteiger partial charge in [0.1, 0.15) is 5.82 Å². The van der Waals surface area contributed by atoms with Gasteiger partial charge < -0.3 is 14.5 Å². The van der Waals surface area contributed by atoms with E-state index >= 15 is 0 Å². The van der Waals surface area contributed by atoms with Crippen molar-refractivity contribution in [2.24, 2.45) is 0 Å². The van der Waals surface area contributed by atoms with Crippen molar-refractivity contribution in [3.8, 4) is 0 Å². The highest BCUT2D eigenvalue weighted by molar-refractivity contribution is 6.03. The summed E-state index contributed by atoms with van der Waals surface area (Å²) in [5.74, 6) is -1.91. The van der Waals surface area contributed by atoms with Crippen LogP contribution in [0.5, 0.6) is 0 Å². The number of hydrogen-bond acceptors (Lipinski definition) is 4. The van der Waals surface area contributed by atoms with Crippen molar-refractivity contribution < 1.29 is 23.1 Å². The van der Waals surface area contributed by atoms with Gasteiger partial charge in [-0.25, -0.2) is 9.18 Å². The van der Waals surface area contributed by atoms with Crippen LogP contribution in [-0.2, 0) is 4.74 Å². The van der Waals surface area contributed by atoms with Crippen LogP contribution in [0, 0.1) is 5.82 Å². The van der Waals surface area contributed by atoms with Crippen molar-refractivity contribution in [1.29, 1.82) is 0 Å². The van der Waals surface area contributed by atoms with Crippen molar-refractivity contribution in [1.82, 2.24) is 0 Å². The van der Waals surface area contributed by atoms with Gasteiger partial charge in [-0.3, -0.25) is 4.79 Å². The number of carbonyl (C=O) groups excluding carboxylic acids is 2. The lowest BCUT2D eigenvalue weighted by molar-refractivity contribution is 0.0595. The van der Waals surface area contributed by atoms with Gasteiger partial charge in [0.2, 0.25) is 0 Å². The van der Waals surface area contributed by atoms with Crippen LogP contribution in [0.2, 0.25) is 0 Å². The number of anilines is 1. The van der Waals surface area contributed by atoms with Gasteiger partial charge in [0, 0.05) is 5.69 Å². The van der Waals surface area contributed by atoms with E-state index in [0.717, 1.165) is 13.2 Å². The fourth-order valence-electron chi connectivity index (χ4n) is 1.47. The Bertz CT molecular complexity index is 607. The van der Waals surface area contributed by atoms with E-state index in [9.17, 15) is 14.0 Å². The highest BCUT2D eigenvalue weighted by Gasteiger charge is 2.15. The first-order valence-electron chi connectivity index (χ1n) is 5.34. The predicted octanol–water partition coefficient (Wildman–Crippen LogP) is 2.46. The number of benzene rings is 1. The van der Waals surface area contributed by atoms with E-state index in [1.54, 1.807) is 6.07 Å². The van der Waals surface area contributed by atoms with Crippen molar-refractivity contribution in [2.45, 2.75) is 0 Å². The number of esters is 1. The summed E-state index contributed by atoms with van der Waals surface area (Å²) in [7, 11) is 1.15. The van der Waals surface area contributed by atoms with Crippen LogP contribution in [-0.4, -0.2) is 19.0 Å². The smallest absolute Gasteiger partial charge is 0.340 e. The molecule has 1 amide bonds. The maximum absolute atomic E-state index is 13.4. The lowest BCUT2D eigenvalue weighted by Crippen LogP contribution is -2.12. The summed E-state index contributed by atoms with van der Waals surface area (Å²) in [6.07, 6.45) is 1.36. The Morgan fingerprint density at radius 1 is 1.32 bits per heavy atom. The number of furan rings is 1. The highest BCUT2D eigenvalue weighted by atomic mass is 19.1. The van der Waals surface area contributed by atoms with Crippen molar-refractivity contribution in [2.75, 3.05) is 12.4 Å². The molecule has 1 N–H and O–H groups in total. The molecule has 0 unspecified atom stereocenters. The summed E-state index contributed by atoms with van der Waals surface area (Å²) in [5, 5.41) is 2.48. The fraction of sp³-hybridized carbons (Fsp3) is 0.0769. The number of rotatable bonds is 3. The Morgan fingerprint density at radius 2 is 2.11 bits per heavy atom. The van der Waals surface area contributed by atoms with E-state index in [1.807, 2.05) is 0 Å². The summed E-state index contributed by atoms with van der Waals surface area (Å²) >= 11 is 0. The Kier molecular flexibility index (Phi) is 3.61. The third kappa shape index (κ3) is 2.79. The molecule has 0 aliphatic carbocycles. The number of halogens is 1. The average Bonchev–Trinajstić information content (AvgIpc) is 2.94. The number of methoxy groups -OCH3 is 1. The molecule has 1 aromatic heterocycles. The van der Waals surface area contributed by atoms with Crippen LogP contribution < -0.4 is 5.32 Å². The van der Waals surface area contributed by atoms with E-state index in [-0.39, 0.29) is 17.0 Å². The molecule has 0 saturated heterocycles. The molecule has 1 aromatic carbocycles. The molecule has 6 heteroatoms. The topological polar surface area (TPSA) is 68.5 Å². The minimum absolute atomic E-state index is 0.115. The molecule has 0 aliphatic rings. The third-order valence-corrected chi connectivity index (χ3v) is 2.37. The van der Waals surface area contributed by atoms with Gasteiger partial charge >= 0.3 is 5.97 Å². The Hall–Kier alpha value is -2.63. The summed E-state index contributed by atoms with van der Waals surface area (Å²) in [5.41, 5.74) is 0.0166. The molecule has 0 aliphatic heterocycles. The second kappa shape index (κ2) is 5.34. The SMILES string of the molecule is COC(=O)c1cc(NC(=O)c2ccco2)ccc1F. The molecule has 0 bridgehead atoms. The van der Waals surface area contributed by atoms with Crippen LogP contribution in [0.25, 0.3) is 0 Å². The van der Waals surface area contributed by atoms with Crippen LogP contribution >= 0.6 is 0 Å². The number of hydrogen-bond donors (Lipinski definition) is 1. The van der Waals surface area contributed by atoms with Gasteiger partial charge in [-0.1, -0.05) is 0 Å². The van der Waals surface area contributed by atoms with E-state index in [0.29, 0.717) is 0 Å². The summed E-state index contributed by atoms with van der Waals surface area (Å²) in [6, 6.07) is 6.66. The molecule has 0 atom stereocenters. The number of amides is 1. The molecule has 19 heavy (non-hydrogen) atoms.